The lowest BCUT2D eigenvalue weighted by Gasteiger charge is -2.22. The Morgan fingerprint density at radius 3 is 2.80 bits per heavy atom. The number of rotatable bonds is 1. The Morgan fingerprint density at radius 2 is 2.27 bits per heavy atom. The molecule has 82 valence electrons. The van der Waals surface area contributed by atoms with E-state index in [1.807, 2.05) is 4.90 Å². The molecule has 1 aromatic heterocycles. The number of halogens is 2. The van der Waals surface area contributed by atoms with Gasteiger partial charge in [0.15, 0.2) is 11.6 Å². The first-order valence-corrected chi connectivity index (χ1v) is 5.53. The van der Waals surface area contributed by atoms with Crippen LogP contribution in [0.4, 0.5) is 10.2 Å². The lowest BCUT2D eigenvalue weighted by molar-refractivity contribution is 0.604. The van der Waals surface area contributed by atoms with Gasteiger partial charge in [0, 0.05) is 18.8 Å². The third-order valence-electron chi connectivity index (χ3n) is 2.84. The van der Waals surface area contributed by atoms with Crippen LogP contribution in [0.2, 0.25) is 5.02 Å². The minimum atomic E-state index is -0.330. The zero-order valence-electron chi connectivity index (χ0n) is 8.87. The number of anilines is 1. The standard InChI is InChI=1S/C11H14ClFN2/c1-7-3-8(2)15(6-7)11-10(13)4-9(12)5-14-11/h4-5,7-8H,3,6H2,1-2H3. The first-order valence-electron chi connectivity index (χ1n) is 5.15. The number of pyridine rings is 1. The molecule has 0 saturated carbocycles. The number of aromatic nitrogens is 1. The third-order valence-corrected chi connectivity index (χ3v) is 3.05. The van der Waals surface area contributed by atoms with Crippen molar-refractivity contribution in [3.05, 3.63) is 23.1 Å². The molecule has 0 bridgehead atoms. The van der Waals surface area contributed by atoms with Crippen LogP contribution in [0.3, 0.4) is 0 Å². The minimum Gasteiger partial charge on any atom is -0.351 e. The maximum atomic E-state index is 13.6. The van der Waals surface area contributed by atoms with Gasteiger partial charge >= 0.3 is 0 Å². The van der Waals surface area contributed by atoms with Crippen LogP contribution < -0.4 is 4.90 Å². The Hall–Kier alpha value is -0.830. The summed E-state index contributed by atoms with van der Waals surface area (Å²) in [6.45, 7) is 5.14. The summed E-state index contributed by atoms with van der Waals surface area (Å²) in [7, 11) is 0. The van der Waals surface area contributed by atoms with Gasteiger partial charge in [-0.15, -0.1) is 0 Å². The second kappa shape index (κ2) is 3.97. The molecule has 0 amide bonds. The maximum Gasteiger partial charge on any atom is 0.167 e. The summed E-state index contributed by atoms with van der Waals surface area (Å²) in [6.07, 6.45) is 2.58. The summed E-state index contributed by atoms with van der Waals surface area (Å²) in [5, 5.41) is 0.344. The van der Waals surface area contributed by atoms with Crippen LogP contribution in [0.1, 0.15) is 20.3 Å². The molecule has 2 heterocycles. The molecule has 0 radical (unpaired) electrons. The lowest BCUT2D eigenvalue weighted by Crippen LogP contribution is -2.28. The van der Waals surface area contributed by atoms with Crippen molar-refractivity contribution in [2.75, 3.05) is 11.4 Å². The molecule has 0 aromatic carbocycles. The van der Waals surface area contributed by atoms with E-state index in [0.717, 1.165) is 13.0 Å². The van der Waals surface area contributed by atoms with Gasteiger partial charge in [-0.3, -0.25) is 0 Å². The summed E-state index contributed by atoms with van der Waals surface area (Å²) in [4.78, 5) is 6.07. The number of hydrogen-bond donors (Lipinski definition) is 0. The van der Waals surface area contributed by atoms with E-state index in [1.165, 1.54) is 12.3 Å². The maximum absolute atomic E-state index is 13.6. The fourth-order valence-electron chi connectivity index (χ4n) is 2.21. The fourth-order valence-corrected chi connectivity index (χ4v) is 2.36. The lowest BCUT2D eigenvalue weighted by atomic mass is 10.1. The van der Waals surface area contributed by atoms with Crippen molar-refractivity contribution in [1.29, 1.82) is 0 Å². The Bertz CT molecular complexity index is 370. The third kappa shape index (κ3) is 2.07. The molecule has 0 aliphatic carbocycles. The van der Waals surface area contributed by atoms with E-state index in [4.69, 9.17) is 11.6 Å². The molecule has 0 N–H and O–H groups in total. The zero-order valence-corrected chi connectivity index (χ0v) is 9.63. The molecule has 0 spiro atoms. The van der Waals surface area contributed by atoms with E-state index in [0.29, 0.717) is 22.8 Å². The molecule has 1 fully saturated rings. The van der Waals surface area contributed by atoms with Gasteiger partial charge < -0.3 is 4.90 Å². The van der Waals surface area contributed by atoms with Gasteiger partial charge in [-0.25, -0.2) is 9.37 Å². The second-order valence-corrected chi connectivity index (χ2v) is 4.74. The van der Waals surface area contributed by atoms with Crippen LogP contribution in [0.5, 0.6) is 0 Å². The zero-order chi connectivity index (χ0) is 11.0. The van der Waals surface area contributed by atoms with Crippen molar-refractivity contribution in [2.45, 2.75) is 26.3 Å². The van der Waals surface area contributed by atoms with E-state index in [-0.39, 0.29) is 5.82 Å². The number of nitrogens with zero attached hydrogens (tertiary/aromatic N) is 2. The normalized spacial score (nSPS) is 26.0. The van der Waals surface area contributed by atoms with Gasteiger partial charge in [0.1, 0.15) is 0 Å². The average Bonchev–Trinajstić information content (AvgIpc) is 2.45. The highest BCUT2D eigenvalue weighted by atomic mass is 35.5. The molecule has 1 aliphatic heterocycles. The molecule has 2 nitrogen and oxygen atoms in total. The van der Waals surface area contributed by atoms with Crippen molar-refractivity contribution < 1.29 is 4.39 Å². The van der Waals surface area contributed by atoms with Crippen LogP contribution in [0.25, 0.3) is 0 Å². The van der Waals surface area contributed by atoms with E-state index in [2.05, 4.69) is 18.8 Å². The first-order chi connectivity index (χ1) is 7.08. The fraction of sp³-hybridized carbons (Fsp3) is 0.545. The van der Waals surface area contributed by atoms with Crippen LogP contribution in [-0.4, -0.2) is 17.6 Å². The van der Waals surface area contributed by atoms with E-state index in [1.54, 1.807) is 0 Å². The monoisotopic (exact) mass is 228 g/mol. The molecule has 1 aromatic rings. The molecule has 1 saturated heterocycles. The predicted octanol–water partition coefficient (Wildman–Crippen LogP) is 3.11. The molecule has 1 aliphatic rings. The average molecular weight is 229 g/mol. The largest absolute Gasteiger partial charge is 0.351 e. The van der Waals surface area contributed by atoms with E-state index >= 15 is 0 Å². The molecule has 2 unspecified atom stereocenters. The summed E-state index contributed by atoms with van der Waals surface area (Å²) in [6, 6.07) is 1.67. The van der Waals surface area contributed by atoms with Gasteiger partial charge in [-0.1, -0.05) is 18.5 Å². The van der Waals surface area contributed by atoms with Gasteiger partial charge in [-0.2, -0.15) is 0 Å². The SMILES string of the molecule is CC1CC(C)N(c2ncc(Cl)cc2F)C1. The van der Waals surface area contributed by atoms with E-state index < -0.39 is 0 Å². The quantitative estimate of drug-likeness (QED) is 0.734. The Labute approximate surface area is 94.1 Å². The summed E-state index contributed by atoms with van der Waals surface area (Å²) >= 11 is 5.67. The van der Waals surface area contributed by atoms with Gasteiger partial charge in [0.2, 0.25) is 0 Å². The number of hydrogen-bond acceptors (Lipinski definition) is 2. The summed E-state index contributed by atoms with van der Waals surface area (Å²) in [5.74, 6) is 0.691. The van der Waals surface area contributed by atoms with Crippen LogP contribution in [0.15, 0.2) is 12.3 Å². The van der Waals surface area contributed by atoms with Crippen molar-refractivity contribution in [1.82, 2.24) is 4.98 Å². The molecular formula is C11H14ClFN2. The summed E-state index contributed by atoms with van der Waals surface area (Å²) < 4.78 is 13.6. The van der Waals surface area contributed by atoms with Crippen molar-refractivity contribution in [3.8, 4) is 0 Å². The van der Waals surface area contributed by atoms with Crippen molar-refractivity contribution in [2.24, 2.45) is 5.92 Å². The smallest absolute Gasteiger partial charge is 0.167 e. The van der Waals surface area contributed by atoms with Crippen LogP contribution in [-0.2, 0) is 0 Å². The molecule has 2 rings (SSSR count). The molecule has 15 heavy (non-hydrogen) atoms. The predicted molar refractivity (Wildman–Crippen MR) is 59.8 cm³/mol. The Kier molecular flexibility index (Phi) is 2.83. The Morgan fingerprint density at radius 1 is 1.53 bits per heavy atom. The van der Waals surface area contributed by atoms with E-state index in [9.17, 15) is 4.39 Å². The van der Waals surface area contributed by atoms with Crippen molar-refractivity contribution in [3.63, 3.8) is 0 Å². The van der Waals surface area contributed by atoms with Gasteiger partial charge in [0.25, 0.3) is 0 Å². The van der Waals surface area contributed by atoms with Gasteiger partial charge in [-0.05, 0) is 25.3 Å². The molecular weight excluding hydrogens is 215 g/mol. The molecule has 4 heteroatoms. The topological polar surface area (TPSA) is 16.1 Å². The highest BCUT2D eigenvalue weighted by Crippen LogP contribution is 2.29. The summed E-state index contributed by atoms with van der Waals surface area (Å²) in [5.41, 5.74) is 0. The highest BCUT2D eigenvalue weighted by Gasteiger charge is 2.28. The highest BCUT2D eigenvalue weighted by molar-refractivity contribution is 6.30. The minimum absolute atomic E-state index is 0.330. The molecule has 2 atom stereocenters. The van der Waals surface area contributed by atoms with Crippen LogP contribution in [0, 0.1) is 11.7 Å². The van der Waals surface area contributed by atoms with Crippen molar-refractivity contribution >= 4 is 17.4 Å². The van der Waals surface area contributed by atoms with Crippen LogP contribution >= 0.6 is 11.6 Å². The first kappa shape index (κ1) is 10.7. The van der Waals surface area contributed by atoms with Gasteiger partial charge in [0.05, 0.1) is 5.02 Å². The Balaban J connectivity index is 2.29. The second-order valence-electron chi connectivity index (χ2n) is 4.30.